The van der Waals surface area contributed by atoms with Crippen LogP contribution >= 0.6 is 22.6 Å². The second kappa shape index (κ2) is 8.07. The Morgan fingerprint density at radius 2 is 1.81 bits per heavy atom. The zero-order valence-corrected chi connectivity index (χ0v) is 12.2. The second-order valence-corrected chi connectivity index (χ2v) is 5.49. The van der Waals surface area contributed by atoms with E-state index in [0.717, 1.165) is 6.42 Å². The molecule has 0 saturated carbocycles. The predicted octanol–water partition coefficient (Wildman–Crippen LogP) is 4.65. The third-order valence-corrected chi connectivity index (χ3v) is 3.91. The molecule has 1 nitrogen and oxygen atoms in total. The highest BCUT2D eigenvalue weighted by molar-refractivity contribution is 14.1. The molecule has 0 heterocycles. The largest absolute Gasteiger partial charge is 0.324 e. The summed E-state index contributed by atoms with van der Waals surface area (Å²) in [7, 11) is 0. The molecule has 0 spiro atoms. The van der Waals surface area contributed by atoms with Crippen molar-refractivity contribution in [3.63, 3.8) is 0 Å². The number of nitrogens with two attached hydrogens (primary N) is 1. The summed E-state index contributed by atoms with van der Waals surface area (Å²) in [6, 6.07) is 8.65. The highest BCUT2D eigenvalue weighted by Gasteiger charge is 2.08. The van der Waals surface area contributed by atoms with Crippen LogP contribution in [-0.4, -0.2) is 0 Å². The van der Waals surface area contributed by atoms with Gasteiger partial charge < -0.3 is 5.73 Å². The Hall–Kier alpha value is -0.0900. The minimum absolute atomic E-state index is 0.217. The number of rotatable bonds is 7. The topological polar surface area (TPSA) is 26.0 Å². The van der Waals surface area contributed by atoms with Crippen molar-refractivity contribution in [1.82, 2.24) is 0 Å². The molecule has 1 unspecified atom stereocenters. The Kier molecular flexibility index (Phi) is 7.05. The maximum atomic E-state index is 6.21. The molecule has 2 heteroatoms. The fraction of sp³-hybridized carbons (Fsp3) is 0.571. The smallest absolute Gasteiger partial charge is 0.0305 e. The van der Waals surface area contributed by atoms with Crippen molar-refractivity contribution in [3.8, 4) is 0 Å². The molecule has 0 bridgehead atoms. The van der Waals surface area contributed by atoms with Gasteiger partial charge in [-0.25, -0.2) is 0 Å². The van der Waals surface area contributed by atoms with Crippen LogP contribution < -0.4 is 5.73 Å². The predicted molar refractivity (Wildman–Crippen MR) is 79.5 cm³/mol. The third kappa shape index (κ3) is 4.83. The van der Waals surface area contributed by atoms with Crippen LogP contribution in [0.3, 0.4) is 0 Å². The van der Waals surface area contributed by atoms with E-state index < -0.39 is 0 Å². The zero-order chi connectivity index (χ0) is 11.8. The van der Waals surface area contributed by atoms with Gasteiger partial charge in [-0.2, -0.15) is 0 Å². The molecule has 16 heavy (non-hydrogen) atoms. The first-order valence-electron chi connectivity index (χ1n) is 6.25. The summed E-state index contributed by atoms with van der Waals surface area (Å²) in [5.41, 5.74) is 7.51. The minimum Gasteiger partial charge on any atom is -0.324 e. The second-order valence-electron chi connectivity index (χ2n) is 4.33. The van der Waals surface area contributed by atoms with Crippen LogP contribution in [0.25, 0.3) is 0 Å². The number of unbranched alkanes of at least 4 members (excludes halogenated alkanes) is 4. The molecule has 0 fully saturated rings. The molecule has 0 aliphatic carbocycles. The summed E-state index contributed by atoms with van der Waals surface area (Å²) in [6.07, 6.45) is 7.72. The summed E-state index contributed by atoms with van der Waals surface area (Å²) in [6.45, 7) is 2.25. The van der Waals surface area contributed by atoms with Gasteiger partial charge in [0.2, 0.25) is 0 Å². The van der Waals surface area contributed by atoms with Crippen LogP contribution in [0.15, 0.2) is 24.3 Å². The average molecular weight is 331 g/mol. The van der Waals surface area contributed by atoms with E-state index in [-0.39, 0.29) is 6.04 Å². The molecule has 0 saturated heterocycles. The fourth-order valence-electron chi connectivity index (χ4n) is 1.90. The third-order valence-electron chi connectivity index (χ3n) is 2.92. The molecule has 0 aliphatic rings. The molecule has 1 atom stereocenters. The van der Waals surface area contributed by atoms with Gasteiger partial charge in [0.1, 0.15) is 0 Å². The Balaban J connectivity index is 2.30. The molecule has 1 aromatic carbocycles. The van der Waals surface area contributed by atoms with E-state index >= 15 is 0 Å². The van der Waals surface area contributed by atoms with Crippen molar-refractivity contribution in [1.29, 1.82) is 0 Å². The normalized spacial score (nSPS) is 12.7. The summed E-state index contributed by atoms with van der Waals surface area (Å²) in [4.78, 5) is 0. The molecular formula is C14H22IN. The van der Waals surface area contributed by atoms with Crippen LogP contribution in [0.2, 0.25) is 0 Å². The van der Waals surface area contributed by atoms with Crippen LogP contribution in [0.4, 0.5) is 0 Å². The van der Waals surface area contributed by atoms with Crippen molar-refractivity contribution in [2.45, 2.75) is 51.5 Å². The summed E-state index contributed by atoms with van der Waals surface area (Å²) in [5.74, 6) is 0. The molecule has 0 aromatic heterocycles. The van der Waals surface area contributed by atoms with Gasteiger partial charge in [0.15, 0.2) is 0 Å². The van der Waals surface area contributed by atoms with E-state index in [2.05, 4.69) is 53.8 Å². The van der Waals surface area contributed by atoms with Gasteiger partial charge in [0.05, 0.1) is 0 Å². The summed E-state index contributed by atoms with van der Waals surface area (Å²) < 4.78 is 1.29. The van der Waals surface area contributed by atoms with E-state index in [0.29, 0.717) is 0 Å². The van der Waals surface area contributed by atoms with Gasteiger partial charge in [-0.15, -0.1) is 0 Å². The Labute approximate surface area is 113 Å². The van der Waals surface area contributed by atoms with Gasteiger partial charge in [-0.05, 0) is 40.6 Å². The first-order valence-corrected chi connectivity index (χ1v) is 7.33. The number of benzene rings is 1. The molecular weight excluding hydrogens is 309 g/mol. The molecule has 0 radical (unpaired) electrons. The molecule has 1 aromatic rings. The van der Waals surface area contributed by atoms with E-state index in [1.807, 2.05) is 0 Å². The monoisotopic (exact) mass is 331 g/mol. The number of hydrogen-bond acceptors (Lipinski definition) is 1. The molecule has 90 valence electrons. The van der Waals surface area contributed by atoms with Crippen LogP contribution in [0.1, 0.15) is 57.1 Å². The van der Waals surface area contributed by atoms with Gasteiger partial charge in [-0.3, -0.25) is 0 Å². The molecule has 0 amide bonds. The lowest BCUT2D eigenvalue weighted by molar-refractivity contribution is 0.554. The maximum absolute atomic E-state index is 6.21. The molecule has 1 rings (SSSR count). The van der Waals surface area contributed by atoms with E-state index in [9.17, 15) is 0 Å². The standard InChI is InChI=1S/C14H22IN/c1-2-3-4-5-6-11-14(16)12-9-7-8-10-13(12)15/h7-10,14H,2-6,11,16H2,1H3. The van der Waals surface area contributed by atoms with E-state index in [1.54, 1.807) is 0 Å². The molecule has 0 aliphatic heterocycles. The minimum atomic E-state index is 0.217. The quantitative estimate of drug-likeness (QED) is 0.571. The lowest BCUT2D eigenvalue weighted by Crippen LogP contribution is -2.11. The SMILES string of the molecule is CCCCCCCC(N)c1ccccc1I. The number of hydrogen-bond donors (Lipinski definition) is 1. The first-order chi connectivity index (χ1) is 7.75. The average Bonchev–Trinajstić information content (AvgIpc) is 2.29. The van der Waals surface area contributed by atoms with Gasteiger partial charge in [0.25, 0.3) is 0 Å². The van der Waals surface area contributed by atoms with Crippen molar-refractivity contribution < 1.29 is 0 Å². The lowest BCUT2D eigenvalue weighted by atomic mass is 10.0. The van der Waals surface area contributed by atoms with Crippen LogP contribution in [0, 0.1) is 3.57 Å². The van der Waals surface area contributed by atoms with Crippen molar-refractivity contribution in [2.24, 2.45) is 5.73 Å². The van der Waals surface area contributed by atoms with E-state index in [1.165, 1.54) is 41.2 Å². The Morgan fingerprint density at radius 1 is 1.12 bits per heavy atom. The summed E-state index contributed by atoms with van der Waals surface area (Å²) in [5, 5.41) is 0. The summed E-state index contributed by atoms with van der Waals surface area (Å²) >= 11 is 2.37. The van der Waals surface area contributed by atoms with Crippen molar-refractivity contribution in [3.05, 3.63) is 33.4 Å². The van der Waals surface area contributed by atoms with Crippen LogP contribution in [-0.2, 0) is 0 Å². The fourth-order valence-corrected chi connectivity index (χ4v) is 2.69. The van der Waals surface area contributed by atoms with Crippen molar-refractivity contribution >= 4 is 22.6 Å². The Morgan fingerprint density at radius 3 is 2.50 bits per heavy atom. The van der Waals surface area contributed by atoms with Gasteiger partial charge in [0, 0.05) is 9.61 Å². The first kappa shape index (κ1) is 14.0. The highest BCUT2D eigenvalue weighted by Crippen LogP contribution is 2.22. The highest BCUT2D eigenvalue weighted by atomic mass is 127. The Bertz CT molecular complexity index is 299. The van der Waals surface area contributed by atoms with E-state index in [4.69, 9.17) is 5.73 Å². The van der Waals surface area contributed by atoms with Crippen molar-refractivity contribution in [2.75, 3.05) is 0 Å². The zero-order valence-electron chi connectivity index (χ0n) is 10.1. The van der Waals surface area contributed by atoms with Gasteiger partial charge >= 0.3 is 0 Å². The number of halogens is 1. The van der Waals surface area contributed by atoms with Gasteiger partial charge in [-0.1, -0.05) is 57.2 Å². The lowest BCUT2D eigenvalue weighted by Gasteiger charge is -2.13. The molecule has 2 N–H and O–H groups in total. The maximum Gasteiger partial charge on any atom is 0.0305 e. The van der Waals surface area contributed by atoms with Crippen LogP contribution in [0.5, 0.6) is 0 Å².